The van der Waals surface area contributed by atoms with Crippen molar-refractivity contribution in [2.45, 2.75) is 18.9 Å². The molecule has 1 aliphatic rings. The lowest BCUT2D eigenvalue weighted by atomic mass is 10.0. The summed E-state index contributed by atoms with van der Waals surface area (Å²) >= 11 is 6.13. The Morgan fingerprint density at radius 1 is 1.21 bits per heavy atom. The molecule has 0 aliphatic carbocycles. The summed E-state index contributed by atoms with van der Waals surface area (Å²) < 4.78 is 10.6. The minimum atomic E-state index is -0.538. The van der Waals surface area contributed by atoms with Crippen LogP contribution >= 0.6 is 11.6 Å². The zero-order chi connectivity index (χ0) is 21.0. The van der Waals surface area contributed by atoms with E-state index >= 15 is 0 Å². The van der Waals surface area contributed by atoms with Crippen molar-refractivity contribution >= 4 is 28.9 Å². The third-order valence-electron chi connectivity index (χ3n) is 4.82. The van der Waals surface area contributed by atoms with E-state index in [1.165, 1.54) is 18.2 Å². The molecule has 1 aliphatic heterocycles. The van der Waals surface area contributed by atoms with E-state index in [2.05, 4.69) is 5.32 Å². The Morgan fingerprint density at radius 2 is 1.90 bits per heavy atom. The van der Waals surface area contributed by atoms with Gasteiger partial charge in [0.05, 0.1) is 29.7 Å². The van der Waals surface area contributed by atoms with E-state index < -0.39 is 4.92 Å². The minimum absolute atomic E-state index is 0.0429. The van der Waals surface area contributed by atoms with Gasteiger partial charge in [0.2, 0.25) is 0 Å². The summed E-state index contributed by atoms with van der Waals surface area (Å²) in [5.41, 5.74) is 0.964. The number of amides is 1. The summed E-state index contributed by atoms with van der Waals surface area (Å²) in [6, 6.07) is 9.48. The van der Waals surface area contributed by atoms with Crippen LogP contribution in [0.4, 0.5) is 11.4 Å². The van der Waals surface area contributed by atoms with E-state index in [0.29, 0.717) is 24.6 Å². The number of non-ortho nitro benzene ring substituents is 1. The largest absolute Gasteiger partial charge is 0.497 e. The van der Waals surface area contributed by atoms with Crippen LogP contribution in [0.5, 0.6) is 11.5 Å². The summed E-state index contributed by atoms with van der Waals surface area (Å²) in [5, 5.41) is 14.4. The number of hydrogen-bond donors (Lipinski definition) is 1. The molecule has 0 unspecified atom stereocenters. The fourth-order valence-electron chi connectivity index (χ4n) is 3.37. The molecule has 3 rings (SSSR count). The van der Waals surface area contributed by atoms with Crippen LogP contribution in [0.25, 0.3) is 0 Å². The predicted molar refractivity (Wildman–Crippen MR) is 110 cm³/mol. The highest BCUT2D eigenvalue weighted by Gasteiger charge is 2.26. The average molecular weight is 420 g/mol. The number of nitrogens with zero attached hydrogens (tertiary/aromatic N) is 2. The molecule has 29 heavy (non-hydrogen) atoms. The number of nitrogens with one attached hydrogen (secondary N) is 1. The van der Waals surface area contributed by atoms with Crippen LogP contribution in [-0.2, 0) is 0 Å². The van der Waals surface area contributed by atoms with Gasteiger partial charge in [-0.2, -0.15) is 0 Å². The molecule has 8 nitrogen and oxygen atoms in total. The summed E-state index contributed by atoms with van der Waals surface area (Å²) in [6.07, 6.45) is 1.73. The molecule has 1 amide bonds. The molecule has 1 N–H and O–H groups in total. The van der Waals surface area contributed by atoms with Crippen molar-refractivity contribution in [1.29, 1.82) is 0 Å². The van der Waals surface area contributed by atoms with Crippen LogP contribution in [0.2, 0.25) is 5.02 Å². The molecule has 1 fully saturated rings. The molecule has 0 radical (unpaired) electrons. The van der Waals surface area contributed by atoms with Crippen molar-refractivity contribution in [2.24, 2.45) is 0 Å². The molecule has 9 heteroatoms. The number of rotatable bonds is 6. The van der Waals surface area contributed by atoms with Crippen molar-refractivity contribution in [3.05, 3.63) is 57.1 Å². The number of ether oxygens (including phenoxy) is 2. The highest BCUT2D eigenvalue weighted by atomic mass is 35.5. The van der Waals surface area contributed by atoms with E-state index in [4.69, 9.17) is 21.1 Å². The zero-order valence-corrected chi connectivity index (χ0v) is 16.9. The van der Waals surface area contributed by atoms with Crippen LogP contribution in [0, 0.1) is 10.1 Å². The smallest absolute Gasteiger partial charge is 0.270 e. The molecular formula is C20H22ClN3O5. The van der Waals surface area contributed by atoms with E-state index in [1.807, 2.05) is 12.1 Å². The fraction of sp³-hybridized carbons (Fsp3) is 0.350. The molecule has 2 aromatic carbocycles. The average Bonchev–Trinajstić information content (AvgIpc) is 2.73. The number of methoxy groups -OCH3 is 2. The van der Waals surface area contributed by atoms with Crippen LogP contribution in [-0.4, -0.2) is 49.1 Å². The van der Waals surface area contributed by atoms with Gasteiger partial charge in [0, 0.05) is 55.2 Å². The monoisotopic (exact) mass is 419 g/mol. The first-order valence-electron chi connectivity index (χ1n) is 9.14. The molecule has 1 saturated heterocycles. The van der Waals surface area contributed by atoms with Gasteiger partial charge in [-0.25, -0.2) is 0 Å². The fourth-order valence-corrected chi connectivity index (χ4v) is 3.62. The number of halogens is 1. The third kappa shape index (κ3) is 4.89. The molecule has 0 spiro atoms. The number of anilines is 1. The summed E-state index contributed by atoms with van der Waals surface area (Å²) in [7, 11) is 3.18. The van der Waals surface area contributed by atoms with Crippen molar-refractivity contribution in [2.75, 3.05) is 32.6 Å². The van der Waals surface area contributed by atoms with Gasteiger partial charge in [-0.15, -0.1) is 0 Å². The lowest BCUT2D eigenvalue weighted by molar-refractivity contribution is -0.384. The summed E-state index contributed by atoms with van der Waals surface area (Å²) in [5.74, 6) is 1.11. The lowest BCUT2D eigenvalue weighted by Crippen LogP contribution is -2.45. The van der Waals surface area contributed by atoms with Crippen LogP contribution < -0.4 is 14.8 Å². The third-order valence-corrected chi connectivity index (χ3v) is 5.14. The Labute approximate surface area is 173 Å². The van der Waals surface area contributed by atoms with Gasteiger partial charge in [0.1, 0.15) is 11.5 Å². The second-order valence-electron chi connectivity index (χ2n) is 6.76. The van der Waals surface area contributed by atoms with Gasteiger partial charge < -0.3 is 19.7 Å². The molecule has 1 atom stereocenters. The van der Waals surface area contributed by atoms with Gasteiger partial charge >= 0.3 is 0 Å². The van der Waals surface area contributed by atoms with Crippen LogP contribution in [0.15, 0.2) is 36.4 Å². The maximum absolute atomic E-state index is 12.9. The molecular weight excluding hydrogens is 398 g/mol. The number of carbonyl (C=O) groups excluding carboxylic acids is 1. The van der Waals surface area contributed by atoms with E-state index in [-0.39, 0.29) is 28.2 Å². The highest BCUT2D eigenvalue weighted by Crippen LogP contribution is 2.28. The molecule has 1 heterocycles. The molecule has 2 aromatic rings. The van der Waals surface area contributed by atoms with Gasteiger partial charge in [-0.05, 0) is 18.9 Å². The topological polar surface area (TPSA) is 93.9 Å². The molecule has 0 aromatic heterocycles. The number of benzene rings is 2. The Bertz CT molecular complexity index is 899. The normalized spacial score (nSPS) is 16.2. The lowest BCUT2D eigenvalue weighted by Gasteiger charge is -2.34. The number of nitro benzene ring substituents is 1. The number of likely N-dealkylation sites (tertiary alicyclic amines) is 1. The van der Waals surface area contributed by atoms with Gasteiger partial charge in [0.15, 0.2) is 0 Å². The zero-order valence-electron chi connectivity index (χ0n) is 16.2. The van der Waals surface area contributed by atoms with E-state index in [1.54, 1.807) is 25.2 Å². The number of nitro groups is 1. The number of hydrogen-bond acceptors (Lipinski definition) is 6. The standard InChI is InChI=1S/C20H22ClN3O5/c1-28-16-8-14(9-17(11-16)29-2)22-13-4-3-7-23(12-13)20(25)18-6-5-15(24(26)27)10-19(18)21/h5-6,8-11,13,22H,3-4,7,12H2,1-2H3/t13-/m0/s1. The summed E-state index contributed by atoms with van der Waals surface area (Å²) in [4.78, 5) is 24.9. The van der Waals surface area contributed by atoms with Gasteiger partial charge in [-0.1, -0.05) is 11.6 Å². The quantitative estimate of drug-likeness (QED) is 0.562. The SMILES string of the molecule is COc1cc(N[C@H]2CCCN(C(=O)c3ccc([N+](=O)[O-])cc3Cl)C2)cc(OC)c1. The van der Waals surface area contributed by atoms with Crippen LogP contribution in [0.3, 0.4) is 0 Å². The van der Waals surface area contributed by atoms with Crippen molar-refractivity contribution in [3.63, 3.8) is 0 Å². The second kappa shape index (κ2) is 9.00. The highest BCUT2D eigenvalue weighted by molar-refractivity contribution is 6.34. The van der Waals surface area contributed by atoms with E-state index in [0.717, 1.165) is 18.5 Å². The Kier molecular flexibility index (Phi) is 6.43. The molecule has 154 valence electrons. The second-order valence-corrected chi connectivity index (χ2v) is 7.16. The van der Waals surface area contributed by atoms with Crippen molar-refractivity contribution in [1.82, 2.24) is 4.90 Å². The first-order valence-corrected chi connectivity index (χ1v) is 9.52. The Hall–Kier alpha value is -3.00. The molecule has 0 bridgehead atoms. The Balaban J connectivity index is 1.72. The Morgan fingerprint density at radius 3 is 2.48 bits per heavy atom. The van der Waals surface area contributed by atoms with E-state index in [9.17, 15) is 14.9 Å². The first-order chi connectivity index (χ1) is 13.9. The predicted octanol–water partition coefficient (Wildman–Crippen LogP) is 3.98. The maximum Gasteiger partial charge on any atom is 0.270 e. The van der Waals surface area contributed by atoms with Crippen LogP contribution in [0.1, 0.15) is 23.2 Å². The molecule has 0 saturated carbocycles. The number of carbonyl (C=O) groups is 1. The summed E-state index contributed by atoms with van der Waals surface area (Å²) in [6.45, 7) is 1.09. The minimum Gasteiger partial charge on any atom is -0.497 e. The maximum atomic E-state index is 12.9. The first kappa shape index (κ1) is 20.7. The van der Waals surface area contributed by atoms with Gasteiger partial charge in [-0.3, -0.25) is 14.9 Å². The van der Waals surface area contributed by atoms with Gasteiger partial charge in [0.25, 0.3) is 11.6 Å². The van der Waals surface area contributed by atoms with Crippen molar-refractivity contribution in [3.8, 4) is 11.5 Å². The van der Waals surface area contributed by atoms with Crippen molar-refractivity contribution < 1.29 is 19.2 Å². The number of piperidine rings is 1.